The Bertz CT molecular complexity index is 466. The first kappa shape index (κ1) is 10.7. The second kappa shape index (κ2) is 4.34. The fourth-order valence-electron chi connectivity index (χ4n) is 1.73. The average molecular weight is 222 g/mol. The summed E-state index contributed by atoms with van der Waals surface area (Å²) in [5, 5.41) is 5.55. The molecular formula is C10H14N4O2. The van der Waals surface area contributed by atoms with Crippen LogP contribution in [0.3, 0.4) is 0 Å². The average Bonchev–Trinajstić information content (AvgIpc) is 2.33. The second-order valence-electron chi connectivity index (χ2n) is 3.71. The first-order valence-corrected chi connectivity index (χ1v) is 5.25. The molecular weight excluding hydrogens is 208 g/mol. The van der Waals surface area contributed by atoms with Crippen LogP contribution in [0.25, 0.3) is 0 Å². The second-order valence-corrected chi connectivity index (χ2v) is 3.71. The molecule has 0 fully saturated rings. The Labute approximate surface area is 92.7 Å². The zero-order valence-electron chi connectivity index (χ0n) is 9.12. The van der Waals surface area contributed by atoms with Crippen molar-refractivity contribution < 1.29 is 4.79 Å². The Kier molecular flexibility index (Phi) is 2.89. The summed E-state index contributed by atoms with van der Waals surface area (Å²) >= 11 is 0. The molecule has 1 aromatic rings. The maximum atomic E-state index is 12.0. The number of hydrogen-bond acceptors (Lipinski definition) is 4. The van der Waals surface area contributed by atoms with Gasteiger partial charge in [-0.2, -0.15) is 0 Å². The molecule has 0 aliphatic carbocycles. The molecule has 6 nitrogen and oxygen atoms in total. The topological polar surface area (TPSA) is 76.0 Å². The lowest BCUT2D eigenvalue weighted by Gasteiger charge is -2.17. The van der Waals surface area contributed by atoms with E-state index in [1.807, 2.05) is 0 Å². The van der Waals surface area contributed by atoms with Crippen molar-refractivity contribution in [1.82, 2.24) is 14.9 Å². The van der Waals surface area contributed by atoms with Crippen LogP contribution in [0.4, 0.5) is 5.82 Å². The summed E-state index contributed by atoms with van der Waals surface area (Å²) in [4.78, 5) is 27.3. The molecule has 0 spiro atoms. The van der Waals surface area contributed by atoms with E-state index in [-0.39, 0.29) is 18.0 Å². The molecule has 0 radical (unpaired) electrons. The van der Waals surface area contributed by atoms with Crippen molar-refractivity contribution in [2.24, 2.45) is 0 Å². The van der Waals surface area contributed by atoms with Crippen molar-refractivity contribution in [3.05, 3.63) is 22.2 Å². The van der Waals surface area contributed by atoms with Gasteiger partial charge >= 0.3 is 0 Å². The Morgan fingerprint density at radius 1 is 1.69 bits per heavy atom. The Hall–Kier alpha value is -1.85. The number of carbonyl (C=O) groups excluding carboxylic acids is 1. The molecule has 0 saturated heterocycles. The van der Waals surface area contributed by atoms with E-state index in [1.165, 1.54) is 10.9 Å². The van der Waals surface area contributed by atoms with Gasteiger partial charge in [0.1, 0.15) is 18.7 Å². The van der Waals surface area contributed by atoms with E-state index in [9.17, 15) is 9.59 Å². The van der Waals surface area contributed by atoms with E-state index in [0.29, 0.717) is 11.4 Å². The molecule has 1 aromatic heterocycles. The number of carbonyl (C=O) groups is 1. The van der Waals surface area contributed by atoms with Gasteiger partial charge in [-0.25, -0.2) is 4.98 Å². The maximum Gasteiger partial charge on any atom is 0.259 e. The number of likely N-dealkylation sites (N-methyl/N-ethyl adjacent to an activating group) is 1. The molecule has 0 saturated carbocycles. The van der Waals surface area contributed by atoms with Crippen molar-refractivity contribution in [1.29, 1.82) is 0 Å². The van der Waals surface area contributed by atoms with Crippen LogP contribution in [0, 0.1) is 0 Å². The van der Waals surface area contributed by atoms with Crippen LogP contribution in [0.15, 0.2) is 11.1 Å². The molecule has 0 aromatic carbocycles. The molecule has 2 rings (SSSR count). The van der Waals surface area contributed by atoms with E-state index < -0.39 is 0 Å². The fraction of sp³-hybridized carbons (Fsp3) is 0.500. The number of amides is 1. The summed E-state index contributed by atoms with van der Waals surface area (Å²) in [6, 6.07) is 0. The first-order chi connectivity index (χ1) is 7.72. The summed E-state index contributed by atoms with van der Waals surface area (Å²) in [6.07, 6.45) is 3.06. The lowest BCUT2D eigenvalue weighted by molar-refractivity contribution is -0.121. The van der Waals surface area contributed by atoms with Crippen LogP contribution in [-0.2, 0) is 17.8 Å². The highest BCUT2D eigenvalue weighted by Gasteiger charge is 2.15. The molecule has 86 valence electrons. The first-order valence-electron chi connectivity index (χ1n) is 5.25. The van der Waals surface area contributed by atoms with Gasteiger partial charge < -0.3 is 10.6 Å². The number of nitrogens with zero attached hydrogens (tertiary/aromatic N) is 2. The maximum absolute atomic E-state index is 12.0. The van der Waals surface area contributed by atoms with Gasteiger partial charge in [0.2, 0.25) is 5.91 Å². The Morgan fingerprint density at radius 2 is 2.50 bits per heavy atom. The molecule has 1 amide bonds. The van der Waals surface area contributed by atoms with E-state index >= 15 is 0 Å². The fourth-order valence-corrected chi connectivity index (χ4v) is 1.73. The van der Waals surface area contributed by atoms with Crippen LogP contribution in [0.2, 0.25) is 0 Å². The molecule has 0 unspecified atom stereocenters. The van der Waals surface area contributed by atoms with Gasteiger partial charge in [0.15, 0.2) is 0 Å². The number of anilines is 1. The summed E-state index contributed by atoms with van der Waals surface area (Å²) in [6.45, 7) is 0.870. The molecule has 1 aliphatic rings. The molecule has 2 heterocycles. The van der Waals surface area contributed by atoms with Gasteiger partial charge in [0.25, 0.3) is 5.56 Å². The van der Waals surface area contributed by atoms with Crippen molar-refractivity contribution in [2.75, 3.05) is 18.9 Å². The smallest absolute Gasteiger partial charge is 0.259 e. The van der Waals surface area contributed by atoms with Gasteiger partial charge in [-0.3, -0.25) is 14.2 Å². The highest BCUT2D eigenvalue weighted by atomic mass is 16.2. The molecule has 16 heavy (non-hydrogen) atoms. The highest BCUT2D eigenvalue weighted by molar-refractivity contribution is 5.75. The zero-order chi connectivity index (χ0) is 11.5. The van der Waals surface area contributed by atoms with Crippen LogP contribution in [-0.4, -0.2) is 29.1 Å². The molecule has 2 N–H and O–H groups in total. The highest BCUT2D eigenvalue weighted by Crippen LogP contribution is 2.13. The van der Waals surface area contributed by atoms with Gasteiger partial charge in [0.05, 0.1) is 5.56 Å². The standard InChI is InChI=1S/C10H14N4O2/c1-11-8(15)5-14-6-13-9-7(10(14)16)3-2-4-12-9/h6,12H,2-5H2,1H3,(H,11,15). The summed E-state index contributed by atoms with van der Waals surface area (Å²) in [5.74, 6) is 0.456. The molecule has 0 bridgehead atoms. The molecule has 1 aliphatic heterocycles. The predicted molar refractivity (Wildman–Crippen MR) is 59.4 cm³/mol. The minimum Gasteiger partial charge on any atom is -0.370 e. The largest absolute Gasteiger partial charge is 0.370 e. The number of fused-ring (bicyclic) bond motifs is 1. The van der Waals surface area contributed by atoms with Crippen LogP contribution in [0.5, 0.6) is 0 Å². The van der Waals surface area contributed by atoms with Gasteiger partial charge in [0, 0.05) is 13.6 Å². The van der Waals surface area contributed by atoms with Crippen LogP contribution in [0.1, 0.15) is 12.0 Å². The predicted octanol–water partition coefficient (Wildman–Crippen LogP) is -0.653. The number of hydrogen-bond donors (Lipinski definition) is 2. The van der Waals surface area contributed by atoms with Crippen LogP contribution >= 0.6 is 0 Å². The molecule has 0 atom stereocenters. The summed E-state index contributed by atoms with van der Waals surface area (Å²) in [5.41, 5.74) is 0.554. The third kappa shape index (κ3) is 1.91. The number of aromatic nitrogens is 2. The monoisotopic (exact) mass is 222 g/mol. The third-order valence-electron chi connectivity index (χ3n) is 2.62. The van der Waals surface area contributed by atoms with Crippen molar-refractivity contribution in [2.45, 2.75) is 19.4 Å². The van der Waals surface area contributed by atoms with E-state index in [1.54, 1.807) is 7.05 Å². The minimum absolute atomic E-state index is 0.0234. The van der Waals surface area contributed by atoms with E-state index in [0.717, 1.165) is 19.4 Å². The third-order valence-corrected chi connectivity index (χ3v) is 2.62. The Morgan fingerprint density at radius 3 is 3.25 bits per heavy atom. The lowest BCUT2D eigenvalue weighted by atomic mass is 10.1. The normalized spacial score (nSPS) is 13.8. The summed E-state index contributed by atoms with van der Waals surface area (Å²) < 4.78 is 1.34. The van der Waals surface area contributed by atoms with Gasteiger partial charge in [-0.15, -0.1) is 0 Å². The summed E-state index contributed by atoms with van der Waals surface area (Å²) in [7, 11) is 1.54. The van der Waals surface area contributed by atoms with Crippen LogP contribution < -0.4 is 16.2 Å². The Balaban J connectivity index is 2.34. The number of rotatable bonds is 2. The van der Waals surface area contributed by atoms with Crippen molar-refractivity contribution in [3.63, 3.8) is 0 Å². The van der Waals surface area contributed by atoms with Crippen molar-refractivity contribution in [3.8, 4) is 0 Å². The minimum atomic E-state index is -0.201. The lowest BCUT2D eigenvalue weighted by Crippen LogP contribution is -2.34. The number of nitrogens with one attached hydrogen (secondary N) is 2. The molecule has 6 heteroatoms. The quantitative estimate of drug-likeness (QED) is 0.697. The van der Waals surface area contributed by atoms with Gasteiger partial charge in [-0.05, 0) is 12.8 Å². The van der Waals surface area contributed by atoms with Crippen molar-refractivity contribution >= 4 is 11.7 Å². The SMILES string of the molecule is CNC(=O)Cn1cnc2c(c1=O)CCCN2. The zero-order valence-corrected chi connectivity index (χ0v) is 9.12. The van der Waals surface area contributed by atoms with E-state index in [4.69, 9.17) is 0 Å². The van der Waals surface area contributed by atoms with Gasteiger partial charge in [-0.1, -0.05) is 0 Å². The van der Waals surface area contributed by atoms with E-state index in [2.05, 4.69) is 15.6 Å².